The molecule has 1 saturated carbocycles. The molecule has 1 amide bonds. The normalized spacial score (nSPS) is 41.8. The van der Waals surface area contributed by atoms with Crippen molar-refractivity contribution in [3.05, 3.63) is 0 Å². The number of carbonyl (C=O) groups is 1. The fraction of sp³-hybridized carbons (Fsp3) is 0.857. The molecule has 9 heavy (non-hydrogen) atoms. The molecule has 0 saturated heterocycles. The molecule has 0 aromatic heterocycles. The molecular weight excluding hydrogens is 114 g/mol. The van der Waals surface area contributed by atoms with Gasteiger partial charge in [-0.05, 0) is 18.3 Å². The van der Waals surface area contributed by atoms with Gasteiger partial charge in [0.05, 0.1) is 0 Å². The predicted octanol–water partition coefficient (Wildman–Crippen LogP) is 0.764. The highest BCUT2D eigenvalue weighted by Gasteiger charge is 2.38. The number of nitrogens with two attached hydrogens (primary N) is 1. The third-order valence-corrected chi connectivity index (χ3v) is 2.30. The minimum atomic E-state index is -0.124. The number of primary amides is 1. The second kappa shape index (κ2) is 2.01. The van der Waals surface area contributed by atoms with Gasteiger partial charge < -0.3 is 5.73 Å². The van der Waals surface area contributed by atoms with E-state index in [0.29, 0.717) is 11.8 Å². The van der Waals surface area contributed by atoms with Gasteiger partial charge in [0.25, 0.3) is 0 Å². The molecule has 0 heterocycles. The lowest BCUT2D eigenvalue weighted by molar-refractivity contribution is -0.129. The van der Waals surface area contributed by atoms with Crippen LogP contribution >= 0.6 is 0 Å². The van der Waals surface area contributed by atoms with Gasteiger partial charge in [0.15, 0.2) is 0 Å². The van der Waals surface area contributed by atoms with Crippen LogP contribution < -0.4 is 5.73 Å². The maximum atomic E-state index is 10.6. The van der Waals surface area contributed by atoms with E-state index < -0.39 is 0 Å². The third kappa shape index (κ3) is 0.934. The van der Waals surface area contributed by atoms with Crippen molar-refractivity contribution in [2.24, 2.45) is 23.5 Å². The van der Waals surface area contributed by atoms with Crippen molar-refractivity contribution in [2.75, 3.05) is 0 Å². The molecule has 2 heteroatoms. The van der Waals surface area contributed by atoms with Crippen LogP contribution in [-0.4, -0.2) is 5.91 Å². The minimum absolute atomic E-state index is 0.124. The van der Waals surface area contributed by atoms with Crippen LogP contribution in [0.2, 0.25) is 0 Å². The maximum absolute atomic E-state index is 10.6. The monoisotopic (exact) mass is 127 g/mol. The van der Waals surface area contributed by atoms with E-state index in [1.165, 1.54) is 0 Å². The average molecular weight is 127 g/mol. The smallest absolute Gasteiger partial charge is 0.221 e. The van der Waals surface area contributed by atoms with E-state index in [1.807, 2.05) is 0 Å². The molecule has 0 bridgehead atoms. The fourth-order valence-corrected chi connectivity index (χ4v) is 1.81. The van der Waals surface area contributed by atoms with Gasteiger partial charge in [0.1, 0.15) is 0 Å². The van der Waals surface area contributed by atoms with Crippen molar-refractivity contribution in [3.63, 3.8) is 0 Å². The van der Waals surface area contributed by atoms with Crippen LogP contribution in [0.4, 0.5) is 0 Å². The van der Waals surface area contributed by atoms with Gasteiger partial charge in [-0.1, -0.05) is 13.8 Å². The summed E-state index contributed by atoms with van der Waals surface area (Å²) in [6, 6.07) is 0. The Bertz CT molecular complexity index is 125. The van der Waals surface area contributed by atoms with Crippen molar-refractivity contribution in [3.8, 4) is 0 Å². The van der Waals surface area contributed by atoms with Gasteiger partial charge in [0.2, 0.25) is 5.91 Å². The van der Waals surface area contributed by atoms with Crippen LogP contribution in [-0.2, 0) is 4.79 Å². The van der Waals surface area contributed by atoms with Gasteiger partial charge >= 0.3 is 0 Å². The predicted molar refractivity (Wildman–Crippen MR) is 35.6 cm³/mol. The van der Waals surface area contributed by atoms with Crippen LogP contribution in [0.1, 0.15) is 20.3 Å². The summed E-state index contributed by atoms with van der Waals surface area (Å²) in [4.78, 5) is 10.6. The highest BCUT2D eigenvalue weighted by atomic mass is 16.1. The molecule has 0 aromatic rings. The summed E-state index contributed by atoms with van der Waals surface area (Å²) in [7, 11) is 0. The van der Waals surface area contributed by atoms with Gasteiger partial charge in [-0.3, -0.25) is 4.79 Å². The number of amides is 1. The molecule has 1 aliphatic rings. The van der Waals surface area contributed by atoms with Crippen LogP contribution in [0, 0.1) is 17.8 Å². The molecule has 2 atom stereocenters. The van der Waals surface area contributed by atoms with E-state index >= 15 is 0 Å². The highest BCUT2D eigenvalue weighted by molar-refractivity contribution is 5.78. The first-order chi connectivity index (χ1) is 4.13. The summed E-state index contributed by atoms with van der Waals surface area (Å²) in [6.45, 7) is 4.16. The molecule has 0 radical (unpaired) electrons. The number of carbonyl (C=O) groups excluding carboxylic acids is 1. The molecule has 52 valence electrons. The Balaban J connectivity index is 2.49. The van der Waals surface area contributed by atoms with Crippen molar-refractivity contribution in [2.45, 2.75) is 20.3 Å². The number of rotatable bonds is 1. The quantitative estimate of drug-likeness (QED) is 0.555. The minimum Gasteiger partial charge on any atom is -0.369 e. The lowest BCUT2D eigenvalue weighted by Gasteiger charge is -2.38. The summed E-state index contributed by atoms with van der Waals surface area (Å²) in [5.74, 6) is 1.08. The Labute approximate surface area is 55.4 Å². The van der Waals surface area contributed by atoms with E-state index in [-0.39, 0.29) is 11.8 Å². The Morgan fingerprint density at radius 2 is 1.89 bits per heavy atom. The van der Waals surface area contributed by atoms with E-state index in [1.54, 1.807) is 0 Å². The maximum Gasteiger partial charge on any atom is 0.221 e. The molecule has 2 nitrogen and oxygen atoms in total. The second-order valence-electron chi connectivity index (χ2n) is 3.12. The van der Waals surface area contributed by atoms with Crippen LogP contribution in [0.15, 0.2) is 0 Å². The standard InChI is InChI=1S/C7H13NO/c1-4-3-5(2)6(4)7(8)9/h4-6H,3H2,1-2H3,(H2,8,9). The summed E-state index contributed by atoms with van der Waals surface area (Å²) in [6.07, 6.45) is 1.16. The zero-order valence-electron chi connectivity index (χ0n) is 5.92. The van der Waals surface area contributed by atoms with E-state index in [2.05, 4.69) is 13.8 Å². The SMILES string of the molecule is CC1CC(C)C1C(N)=O. The van der Waals surface area contributed by atoms with Crippen molar-refractivity contribution in [1.29, 1.82) is 0 Å². The van der Waals surface area contributed by atoms with Crippen molar-refractivity contribution < 1.29 is 4.79 Å². The van der Waals surface area contributed by atoms with Gasteiger partial charge in [-0.25, -0.2) is 0 Å². The Morgan fingerprint density at radius 3 is 2.00 bits per heavy atom. The highest BCUT2D eigenvalue weighted by Crippen LogP contribution is 2.39. The Hall–Kier alpha value is -0.530. The average Bonchev–Trinajstić information content (AvgIpc) is 1.62. The lowest BCUT2D eigenvalue weighted by Crippen LogP contribution is -2.42. The zero-order valence-corrected chi connectivity index (χ0v) is 5.92. The van der Waals surface area contributed by atoms with Gasteiger partial charge in [-0.15, -0.1) is 0 Å². The largest absolute Gasteiger partial charge is 0.369 e. The van der Waals surface area contributed by atoms with Crippen LogP contribution in [0.3, 0.4) is 0 Å². The second-order valence-corrected chi connectivity index (χ2v) is 3.12. The van der Waals surface area contributed by atoms with Crippen LogP contribution in [0.25, 0.3) is 0 Å². The fourth-order valence-electron chi connectivity index (χ4n) is 1.81. The topological polar surface area (TPSA) is 43.1 Å². The number of hydrogen-bond donors (Lipinski definition) is 1. The molecule has 1 rings (SSSR count). The van der Waals surface area contributed by atoms with Crippen molar-refractivity contribution >= 4 is 5.91 Å². The molecule has 2 unspecified atom stereocenters. The van der Waals surface area contributed by atoms with Crippen molar-refractivity contribution in [1.82, 2.24) is 0 Å². The third-order valence-electron chi connectivity index (χ3n) is 2.30. The van der Waals surface area contributed by atoms with Gasteiger partial charge in [-0.2, -0.15) is 0 Å². The van der Waals surface area contributed by atoms with E-state index in [4.69, 9.17) is 5.73 Å². The number of hydrogen-bond acceptors (Lipinski definition) is 1. The molecule has 0 aliphatic heterocycles. The van der Waals surface area contributed by atoms with Crippen LogP contribution in [0.5, 0.6) is 0 Å². The van der Waals surface area contributed by atoms with E-state index in [0.717, 1.165) is 6.42 Å². The first kappa shape index (κ1) is 6.59. The summed E-state index contributed by atoms with van der Waals surface area (Å²) >= 11 is 0. The molecule has 0 aromatic carbocycles. The Kier molecular flexibility index (Phi) is 1.47. The zero-order chi connectivity index (χ0) is 7.02. The van der Waals surface area contributed by atoms with Gasteiger partial charge in [0, 0.05) is 5.92 Å². The Morgan fingerprint density at radius 1 is 1.44 bits per heavy atom. The first-order valence-corrected chi connectivity index (χ1v) is 3.42. The molecule has 0 spiro atoms. The lowest BCUT2D eigenvalue weighted by atomic mass is 9.66. The summed E-state index contributed by atoms with van der Waals surface area (Å²) in [5, 5.41) is 0. The molecule has 1 fully saturated rings. The first-order valence-electron chi connectivity index (χ1n) is 3.42. The molecular formula is C7H13NO. The molecule has 1 aliphatic carbocycles. The summed E-state index contributed by atoms with van der Waals surface area (Å²) < 4.78 is 0. The van der Waals surface area contributed by atoms with E-state index in [9.17, 15) is 4.79 Å². The summed E-state index contributed by atoms with van der Waals surface area (Å²) in [5.41, 5.74) is 5.14. The molecule has 2 N–H and O–H groups in total.